The van der Waals surface area contributed by atoms with Gasteiger partial charge in [0, 0.05) is 25.7 Å². The lowest BCUT2D eigenvalue weighted by molar-refractivity contribution is 0.192. The topological polar surface area (TPSA) is 63.5 Å². The third-order valence-corrected chi connectivity index (χ3v) is 4.92. The van der Waals surface area contributed by atoms with Gasteiger partial charge in [-0.25, -0.2) is 4.99 Å². The molecule has 1 fully saturated rings. The summed E-state index contributed by atoms with van der Waals surface area (Å²) in [6.45, 7) is 6.62. The SMILES string of the molecule is CCNC(=NCc1cccc(C#N)c1)NC1CCCN(Cc2ccccc2)C1. The van der Waals surface area contributed by atoms with Crippen LogP contribution < -0.4 is 10.6 Å². The van der Waals surface area contributed by atoms with Gasteiger partial charge in [0.05, 0.1) is 18.2 Å². The van der Waals surface area contributed by atoms with Crippen molar-refractivity contribution in [3.05, 3.63) is 71.3 Å². The zero-order chi connectivity index (χ0) is 19.6. The summed E-state index contributed by atoms with van der Waals surface area (Å²) in [5.74, 6) is 0.844. The van der Waals surface area contributed by atoms with Crippen LogP contribution in [0.1, 0.15) is 36.5 Å². The molecule has 0 bridgehead atoms. The van der Waals surface area contributed by atoms with E-state index in [1.807, 2.05) is 24.3 Å². The molecule has 1 aliphatic heterocycles. The van der Waals surface area contributed by atoms with Crippen LogP contribution in [0.15, 0.2) is 59.6 Å². The first kappa shape index (κ1) is 19.9. The summed E-state index contributed by atoms with van der Waals surface area (Å²) in [5, 5.41) is 16.0. The minimum Gasteiger partial charge on any atom is -0.357 e. The first-order chi connectivity index (χ1) is 13.8. The zero-order valence-electron chi connectivity index (χ0n) is 16.6. The van der Waals surface area contributed by atoms with Gasteiger partial charge < -0.3 is 10.6 Å². The first-order valence-corrected chi connectivity index (χ1v) is 10.1. The standard InChI is InChI=1S/C23H29N5/c1-2-25-23(26-16-21-11-6-10-20(14-21)15-24)27-22-12-7-13-28(18-22)17-19-8-4-3-5-9-19/h3-6,8-11,14,22H,2,7,12-13,16-18H2,1H3,(H2,25,26,27). The van der Waals surface area contributed by atoms with Crippen molar-refractivity contribution in [3.8, 4) is 6.07 Å². The molecule has 1 unspecified atom stereocenters. The minimum absolute atomic E-state index is 0.390. The minimum atomic E-state index is 0.390. The number of nitriles is 1. The maximum Gasteiger partial charge on any atom is 0.191 e. The fraction of sp³-hybridized carbons (Fsp3) is 0.391. The Kier molecular flexibility index (Phi) is 7.45. The van der Waals surface area contributed by atoms with Crippen LogP contribution in [0.25, 0.3) is 0 Å². The number of likely N-dealkylation sites (tertiary alicyclic amines) is 1. The van der Waals surface area contributed by atoms with E-state index in [4.69, 9.17) is 10.3 Å². The van der Waals surface area contributed by atoms with E-state index in [1.165, 1.54) is 12.0 Å². The van der Waals surface area contributed by atoms with Gasteiger partial charge in [0.15, 0.2) is 5.96 Å². The lowest BCUT2D eigenvalue weighted by Gasteiger charge is -2.34. The number of nitrogens with one attached hydrogen (secondary N) is 2. The Morgan fingerprint density at radius 2 is 2.00 bits per heavy atom. The van der Waals surface area contributed by atoms with E-state index in [0.29, 0.717) is 18.2 Å². The van der Waals surface area contributed by atoms with Crippen LogP contribution >= 0.6 is 0 Å². The molecule has 5 heteroatoms. The monoisotopic (exact) mass is 375 g/mol. The van der Waals surface area contributed by atoms with Crippen molar-refractivity contribution < 1.29 is 0 Å². The molecule has 28 heavy (non-hydrogen) atoms. The fourth-order valence-electron chi connectivity index (χ4n) is 3.58. The Morgan fingerprint density at radius 3 is 2.79 bits per heavy atom. The molecule has 2 aromatic rings. The molecule has 1 atom stereocenters. The Balaban J connectivity index is 1.58. The molecule has 146 valence electrons. The van der Waals surface area contributed by atoms with E-state index in [0.717, 1.165) is 44.1 Å². The highest BCUT2D eigenvalue weighted by molar-refractivity contribution is 5.80. The third kappa shape index (κ3) is 6.11. The van der Waals surface area contributed by atoms with Crippen LogP contribution in [-0.2, 0) is 13.1 Å². The molecule has 0 radical (unpaired) electrons. The number of piperidine rings is 1. The summed E-state index contributed by atoms with van der Waals surface area (Å²) >= 11 is 0. The van der Waals surface area contributed by atoms with E-state index < -0.39 is 0 Å². The maximum absolute atomic E-state index is 9.06. The van der Waals surface area contributed by atoms with Crippen LogP contribution in [0.2, 0.25) is 0 Å². The number of nitrogens with zero attached hydrogens (tertiary/aromatic N) is 3. The van der Waals surface area contributed by atoms with Gasteiger partial charge in [-0.3, -0.25) is 4.90 Å². The summed E-state index contributed by atoms with van der Waals surface area (Å²) < 4.78 is 0. The number of hydrogen-bond donors (Lipinski definition) is 2. The van der Waals surface area contributed by atoms with Gasteiger partial charge in [0.2, 0.25) is 0 Å². The van der Waals surface area contributed by atoms with Gasteiger partial charge in [-0.1, -0.05) is 42.5 Å². The number of hydrogen-bond acceptors (Lipinski definition) is 3. The van der Waals surface area contributed by atoms with Gasteiger partial charge >= 0.3 is 0 Å². The Morgan fingerprint density at radius 1 is 1.18 bits per heavy atom. The van der Waals surface area contributed by atoms with Crippen LogP contribution in [0.4, 0.5) is 0 Å². The molecule has 0 amide bonds. The van der Waals surface area contributed by atoms with Crippen LogP contribution in [-0.4, -0.2) is 36.5 Å². The van der Waals surface area contributed by atoms with E-state index in [2.05, 4.69) is 58.9 Å². The van der Waals surface area contributed by atoms with E-state index in [1.54, 1.807) is 0 Å². The molecule has 0 spiro atoms. The molecular formula is C23H29N5. The van der Waals surface area contributed by atoms with Crippen molar-refractivity contribution in [2.75, 3.05) is 19.6 Å². The Labute approximate surface area is 168 Å². The van der Waals surface area contributed by atoms with E-state index in [-0.39, 0.29) is 0 Å². The molecule has 2 N–H and O–H groups in total. The number of aliphatic imine (C=N–C) groups is 1. The Hall–Kier alpha value is -2.84. The lowest BCUT2D eigenvalue weighted by Crippen LogP contribution is -2.50. The Bertz CT molecular complexity index is 809. The highest BCUT2D eigenvalue weighted by Crippen LogP contribution is 2.14. The van der Waals surface area contributed by atoms with Crippen molar-refractivity contribution in [1.29, 1.82) is 5.26 Å². The molecule has 1 heterocycles. The number of rotatable bonds is 6. The van der Waals surface area contributed by atoms with Gasteiger partial charge in [0.25, 0.3) is 0 Å². The van der Waals surface area contributed by atoms with Crippen LogP contribution in [0.5, 0.6) is 0 Å². The average Bonchev–Trinajstić information content (AvgIpc) is 2.73. The summed E-state index contributed by atoms with van der Waals surface area (Å²) in [5.41, 5.74) is 3.08. The fourth-order valence-corrected chi connectivity index (χ4v) is 3.58. The van der Waals surface area contributed by atoms with E-state index in [9.17, 15) is 0 Å². The third-order valence-electron chi connectivity index (χ3n) is 4.92. The maximum atomic E-state index is 9.06. The second kappa shape index (κ2) is 10.5. The quantitative estimate of drug-likeness (QED) is 0.601. The molecule has 0 aromatic heterocycles. The molecule has 0 aliphatic carbocycles. The van der Waals surface area contributed by atoms with Crippen LogP contribution in [0.3, 0.4) is 0 Å². The highest BCUT2D eigenvalue weighted by Gasteiger charge is 2.20. The van der Waals surface area contributed by atoms with Gasteiger partial charge in [-0.05, 0) is 49.6 Å². The summed E-state index contributed by atoms with van der Waals surface area (Å²) in [4.78, 5) is 7.24. The van der Waals surface area contributed by atoms with Crippen molar-refractivity contribution >= 4 is 5.96 Å². The van der Waals surface area contributed by atoms with Gasteiger partial charge in [-0.2, -0.15) is 5.26 Å². The van der Waals surface area contributed by atoms with Crippen LogP contribution in [0, 0.1) is 11.3 Å². The van der Waals surface area contributed by atoms with E-state index >= 15 is 0 Å². The smallest absolute Gasteiger partial charge is 0.191 e. The zero-order valence-corrected chi connectivity index (χ0v) is 16.6. The van der Waals surface area contributed by atoms with Gasteiger partial charge in [-0.15, -0.1) is 0 Å². The second-order valence-corrected chi connectivity index (χ2v) is 7.21. The summed E-state index contributed by atoms with van der Waals surface area (Å²) in [6, 6.07) is 20.9. The molecule has 1 saturated heterocycles. The predicted octanol–water partition coefficient (Wildman–Crippen LogP) is 3.28. The van der Waals surface area contributed by atoms with Crippen molar-refractivity contribution in [2.24, 2.45) is 4.99 Å². The molecular weight excluding hydrogens is 346 g/mol. The number of benzene rings is 2. The van der Waals surface area contributed by atoms with Crippen molar-refractivity contribution in [1.82, 2.24) is 15.5 Å². The molecule has 0 saturated carbocycles. The normalized spacial score (nSPS) is 17.7. The molecule has 1 aliphatic rings. The molecule has 2 aromatic carbocycles. The summed E-state index contributed by atoms with van der Waals surface area (Å²) in [6.07, 6.45) is 2.34. The first-order valence-electron chi connectivity index (χ1n) is 10.1. The molecule has 5 nitrogen and oxygen atoms in total. The summed E-state index contributed by atoms with van der Waals surface area (Å²) in [7, 11) is 0. The average molecular weight is 376 g/mol. The lowest BCUT2D eigenvalue weighted by atomic mass is 10.0. The number of guanidine groups is 1. The van der Waals surface area contributed by atoms with Crippen molar-refractivity contribution in [2.45, 2.75) is 38.9 Å². The van der Waals surface area contributed by atoms with Gasteiger partial charge in [0.1, 0.15) is 0 Å². The highest BCUT2D eigenvalue weighted by atomic mass is 15.2. The largest absolute Gasteiger partial charge is 0.357 e. The van der Waals surface area contributed by atoms with Crippen molar-refractivity contribution in [3.63, 3.8) is 0 Å². The predicted molar refractivity (Wildman–Crippen MR) is 114 cm³/mol. The molecule has 3 rings (SSSR count). The second-order valence-electron chi connectivity index (χ2n) is 7.21.